The maximum Gasteiger partial charge on any atom is 0.224 e. The molecular formula is C17H24Cl2N2O3S. The van der Waals surface area contributed by atoms with Crippen LogP contribution in [0.4, 0.5) is 0 Å². The Bertz CT molecular complexity index is 745. The van der Waals surface area contributed by atoms with Crippen LogP contribution in [0.2, 0.25) is 10.0 Å². The van der Waals surface area contributed by atoms with Gasteiger partial charge in [0, 0.05) is 28.7 Å². The van der Waals surface area contributed by atoms with Crippen molar-refractivity contribution in [1.29, 1.82) is 0 Å². The fourth-order valence-corrected chi connectivity index (χ4v) is 5.00. The molecule has 0 aliphatic carbocycles. The number of carbonyl (C=O) groups excluding carboxylic acids is 1. The highest BCUT2D eigenvalue weighted by Gasteiger charge is 2.33. The highest BCUT2D eigenvalue weighted by Crippen LogP contribution is 2.26. The summed E-state index contributed by atoms with van der Waals surface area (Å²) in [6.45, 7) is 6.35. The van der Waals surface area contributed by atoms with Crippen molar-refractivity contribution in [2.45, 2.75) is 44.9 Å². The topological polar surface area (TPSA) is 66.5 Å². The predicted molar refractivity (Wildman–Crippen MR) is 101 cm³/mol. The number of piperidine rings is 1. The molecule has 1 saturated heterocycles. The van der Waals surface area contributed by atoms with E-state index in [4.69, 9.17) is 23.2 Å². The second kappa shape index (κ2) is 7.82. The lowest BCUT2D eigenvalue weighted by Gasteiger charge is -2.33. The smallest absolute Gasteiger partial charge is 0.224 e. The summed E-state index contributed by atoms with van der Waals surface area (Å²) in [6.07, 6.45) is 1.35. The monoisotopic (exact) mass is 406 g/mol. The van der Waals surface area contributed by atoms with E-state index in [2.05, 4.69) is 5.32 Å². The number of nitrogens with zero attached hydrogens (tertiary/aromatic N) is 1. The summed E-state index contributed by atoms with van der Waals surface area (Å²) in [5.41, 5.74) is 0.169. The van der Waals surface area contributed by atoms with Crippen molar-refractivity contribution >= 4 is 39.1 Å². The lowest BCUT2D eigenvalue weighted by Crippen LogP contribution is -2.49. The van der Waals surface area contributed by atoms with Gasteiger partial charge in [-0.15, -0.1) is 0 Å². The first-order valence-electron chi connectivity index (χ1n) is 8.22. The first-order valence-corrected chi connectivity index (χ1v) is 10.6. The highest BCUT2D eigenvalue weighted by molar-refractivity contribution is 7.88. The number of hydrogen-bond acceptors (Lipinski definition) is 3. The van der Waals surface area contributed by atoms with Crippen molar-refractivity contribution in [2.24, 2.45) is 5.92 Å². The lowest BCUT2D eigenvalue weighted by molar-refractivity contribution is -0.127. The van der Waals surface area contributed by atoms with Gasteiger partial charge in [0.05, 0.1) is 11.7 Å². The minimum atomic E-state index is -3.56. The molecule has 1 aliphatic heterocycles. The maximum absolute atomic E-state index is 12.7. The molecule has 0 radical (unpaired) electrons. The van der Waals surface area contributed by atoms with Gasteiger partial charge in [0.15, 0.2) is 0 Å². The second-order valence-electron chi connectivity index (χ2n) is 7.43. The number of hydrogen-bond donors (Lipinski definition) is 1. The third-order valence-corrected chi connectivity index (χ3v) is 6.38. The molecule has 1 fully saturated rings. The Morgan fingerprint density at radius 3 is 2.60 bits per heavy atom. The van der Waals surface area contributed by atoms with Gasteiger partial charge < -0.3 is 5.32 Å². The summed E-state index contributed by atoms with van der Waals surface area (Å²) >= 11 is 11.9. The van der Waals surface area contributed by atoms with Crippen LogP contribution in [0.15, 0.2) is 18.2 Å². The van der Waals surface area contributed by atoms with Gasteiger partial charge in [-0.2, -0.15) is 0 Å². The zero-order chi connectivity index (χ0) is 18.8. The van der Waals surface area contributed by atoms with E-state index in [0.717, 1.165) is 0 Å². The van der Waals surface area contributed by atoms with Crippen LogP contribution in [0.1, 0.15) is 39.2 Å². The standard InChI is InChI=1S/C17H24Cl2N2O3S/c1-17(2,3)20-16(22)12-5-4-8-21(10-12)25(23,24)11-13-6-7-14(18)9-15(13)19/h6-7,9,12H,4-5,8,10-11H2,1-3H3,(H,20,22). The Balaban J connectivity index is 2.09. The fraction of sp³-hybridized carbons (Fsp3) is 0.588. The van der Waals surface area contributed by atoms with E-state index in [1.54, 1.807) is 12.1 Å². The summed E-state index contributed by atoms with van der Waals surface area (Å²) in [5.74, 6) is -0.628. The van der Waals surface area contributed by atoms with Gasteiger partial charge in [-0.1, -0.05) is 29.3 Å². The molecule has 25 heavy (non-hydrogen) atoms. The van der Waals surface area contributed by atoms with Crippen molar-refractivity contribution in [3.8, 4) is 0 Å². The van der Waals surface area contributed by atoms with Gasteiger partial charge in [-0.25, -0.2) is 12.7 Å². The quantitative estimate of drug-likeness (QED) is 0.832. The number of rotatable bonds is 4. The number of benzene rings is 1. The van der Waals surface area contributed by atoms with Crippen LogP contribution in [-0.2, 0) is 20.6 Å². The van der Waals surface area contributed by atoms with Gasteiger partial charge in [-0.3, -0.25) is 4.79 Å². The van der Waals surface area contributed by atoms with Gasteiger partial charge in [0.2, 0.25) is 15.9 Å². The molecule has 2 rings (SSSR count). The first kappa shape index (κ1) is 20.5. The minimum Gasteiger partial charge on any atom is -0.351 e. The van der Waals surface area contributed by atoms with Crippen LogP contribution in [-0.4, -0.2) is 37.3 Å². The maximum atomic E-state index is 12.7. The second-order valence-corrected chi connectivity index (χ2v) is 10.2. The van der Waals surface area contributed by atoms with Gasteiger partial charge >= 0.3 is 0 Å². The predicted octanol–water partition coefficient (Wildman–Crippen LogP) is 3.45. The fourth-order valence-electron chi connectivity index (χ4n) is 2.81. The summed E-state index contributed by atoms with van der Waals surface area (Å²) < 4.78 is 26.9. The zero-order valence-electron chi connectivity index (χ0n) is 14.7. The zero-order valence-corrected chi connectivity index (χ0v) is 17.0. The Morgan fingerprint density at radius 1 is 1.32 bits per heavy atom. The third kappa shape index (κ3) is 5.84. The van der Waals surface area contributed by atoms with E-state index in [1.807, 2.05) is 20.8 Å². The Kier molecular flexibility index (Phi) is 6.41. The number of sulfonamides is 1. The average molecular weight is 407 g/mol. The van der Waals surface area contributed by atoms with Crippen LogP contribution in [0.25, 0.3) is 0 Å². The number of nitrogens with one attached hydrogen (secondary N) is 1. The van der Waals surface area contributed by atoms with E-state index >= 15 is 0 Å². The van der Waals surface area contributed by atoms with Gasteiger partial charge in [-0.05, 0) is 51.3 Å². The molecule has 1 atom stereocenters. The first-order chi connectivity index (χ1) is 11.5. The average Bonchev–Trinajstić information content (AvgIpc) is 2.48. The molecule has 1 N–H and O–H groups in total. The molecule has 1 amide bonds. The molecule has 0 saturated carbocycles. The molecular weight excluding hydrogens is 383 g/mol. The van der Waals surface area contributed by atoms with Crippen molar-refractivity contribution < 1.29 is 13.2 Å². The summed E-state index contributed by atoms with van der Waals surface area (Å²) in [7, 11) is -3.56. The molecule has 140 valence electrons. The van der Waals surface area contributed by atoms with Crippen molar-refractivity contribution in [3.63, 3.8) is 0 Å². The Hall–Kier alpha value is -0.820. The third-order valence-electron chi connectivity index (χ3n) is 4.00. The Morgan fingerprint density at radius 2 is 2.00 bits per heavy atom. The molecule has 5 nitrogen and oxygen atoms in total. The normalized spacial score (nSPS) is 19.6. The van der Waals surface area contributed by atoms with Gasteiger partial charge in [0.25, 0.3) is 0 Å². The molecule has 1 heterocycles. The molecule has 0 aromatic heterocycles. The Labute approximate surface area is 159 Å². The minimum absolute atomic E-state index is 0.100. The van der Waals surface area contributed by atoms with Crippen molar-refractivity contribution in [3.05, 3.63) is 33.8 Å². The number of halogens is 2. The van der Waals surface area contributed by atoms with Gasteiger partial charge in [0.1, 0.15) is 0 Å². The summed E-state index contributed by atoms with van der Waals surface area (Å²) in [5, 5.41) is 3.72. The van der Waals surface area contributed by atoms with Crippen LogP contribution in [0.3, 0.4) is 0 Å². The molecule has 0 spiro atoms. The van der Waals surface area contributed by atoms with E-state index in [-0.39, 0.29) is 29.7 Å². The van der Waals surface area contributed by atoms with Crippen molar-refractivity contribution in [1.82, 2.24) is 9.62 Å². The van der Waals surface area contributed by atoms with E-state index in [9.17, 15) is 13.2 Å². The molecule has 0 bridgehead atoms. The van der Waals surface area contributed by atoms with E-state index < -0.39 is 10.0 Å². The summed E-state index contributed by atoms with van der Waals surface area (Å²) in [4.78, 5) is 12.4. The highest BCUT2D eigenvalue weighted by atomic mass is 35.5. The lowest BCUT2D eigenvalue weighted by atomic mass is 9.97. The number of amides is 1. The molecule has 1 unspecified atom stereocenters. The SMILES string of the molecule is CC(C)(C)NC(=O)C1CCCN(S(=O)(=O)Cc2ccc(Cl)cc2Cl)C1. The van der Waals surface area contributed by atoms with Crippen LogP contribution in [0.5, 0.6) is 0 Å². The number of carbonyl (C=O) groups is 1. The van der Waals surface area contributed by atoms with Crippen molar-refractivity contribution in [2.75, 3.05) is 13.1 Å². The van der Waals surface area contributed by atoms with Crippen LogP contribution < -0.4 is 5.32 Å². The summed E-state index contributed by atoms with van der Waals surface area (Å²) in [6, 6.07) is 4.77. The largest absolute Gasteiger partial charge is 0.351 e. The molecule has 1 aromatic rings. The van der Waals surface area contributed by atoms with Crippen LogP contribution in [0, 0.1) is 5.92 Å². The van der Waals surface area contributed by atoms with E-state index in [0.29, 0.717) is 35.0 Å². The van der Waals surface area contributed by atoms with E-state index in [1.165, 1.54) is 10.4 Å². The van der Waals surface area contributed by atoms with Crippen LogP contribution >= 0.6 is 23.2 Å². The molecule has 8 heteroatoms. The molecule has 1 aliphatic rings. The molecule has 1 aromatic carbocycles.